The van der Waals surface area contributed by atoms with Gasteiger partial charge in [-0.15, -0.1) is 0 Å². The van der Waals surface area contributed by atoms with Gasteiger partial charge in [0.1, 0.15) is 0 Å². The number of carbonyl (C=O) groups is 1. The molecule has 3 N–H and O–H groups in total. The molecule has 0 aromatic heterocycles. The van der Waals surface area contributed by atoms with Crippen LogP contribution in [0.15, 0.2) is 21.5 Å². The second kappa shape index (κ2) is 6.32. The molecule has 0 aliphatic rings. The molecule has 1 rings (SSSR count). The molecular formula is C11H12BrF3N2O3S. The van der Waals surface area contributed by atoms with Gasteiger partial charge in [-0.25, -0.2) is 13.6 Å². The van der Waals surface area contributed by atoms with E-state index in [-0.39, 0.29) is 20.5 Å². The second-order valence-electron chi connectivity index (χ2n) is 4.24. The first-order chi connectivity index (χ1) is 9.42. The average Bonchev–Trinajstić information content (AvgIpc) is 2.28. The quantitative estimate of drug-likeness (QED) is 0.827. The Balaban J connectivity index is 3.03. The minimum atomic E-state index is -4.38. The molecule has 10 heteroatoms. The number of hydrogen-bond donors (Lipinski definition) is 2. The van der Waals surface area contributed by atoms with Crippen molar-refractivity contribution in [3.8, 4) is 0 Å². The zero-order chi connectivity index (χ0) is 16.4. The van der Waals surface area contributed by atoms with Crippen molar-refractivity contribution in [3.63, 3.8) is 0 Å². The lowest BCUT2D eigenvalue weighted by Gasteiger charge is -2.12. The molecule has 0 saturated carbocycles. The van der Waals surface area contributed by atoms with E-state index in [9.17, 15) is 26.4 Å². The number of amides is 1. The van der Waals surface area contributed by atoms with Crippen molar-refractivity contribution in [2.75, 3.05) is 6.54 Å². The maximum absolute atomic E-state index is 12.0. The van der Waals surface area contributed by atoms with Crippen LogP contribution in [-0.2, 0) is 10.0 Å². The standard InChI is InChI=1S/C11H12BrF3N2O3S/c1-6-8(10(18)17-3-2-11(13,14)15)4-7(12)5-9(6)21(16,19)20/h4-5H,2-3H2,1H3,(H,17,18)(H2,16,19,20). The lowest BCUT2D eigenvalue weighted by Crippen LogP contribution is -2.29. The van der Waals surface area contributed by atoms with Gasteiger partial charge in [0, 0.05) is 16.6 Å². The zero-order valence-electron chi connectivity index (χ0n) is 10.8. The third-order valence-corrected chi connectivity index (χ3v) is 4.06. The highest BCUT2D eigenvalue weighted by Gasteiger charge is 2.27. The molecule has 0 atom stereocenters. The number of rotatable bonds is 4. The lowest BCUT2D eigenvalue weighted by atomic mass is 10.1. The summed E-state index contributed by atoms with van der Waals surface area (Å²) in [6, 6.07) is 2.53. The van der Waals surface area contributed by atoms with Crippen LogP contribution in [0.3, 0.4) is 0 Å². The van der Waals surface area contributed by atoms with Crippen molar-refractivity contribution in [2.24, 2.45) is 5.14 Å². The van der Waals surface area contributed by atoms with Gasteiger partial charge in [0.2, 0.25) is 10.0 Å². The van der Waals surface area contributed by atoms with Gasteiger partial charge in [-0.3, -0.25) is 4.79 Å². The summed E-state index contributed by atoms with van der Waals surface area (Å²) in [5.41, 5.74) is 0.0146. The molecule has 1 amide bonds. The van der Waals surface area contributed by atoms with Crippen LogP contribution >= 0.6 is 15.9 Å². The number of benzene rings is 1. The maximum Gasteiger partial charge on any atom is 0.390 e. The Labute approximate surface area is 127 Å². The number of hydrogen-bond acceptors (Lipinski definition) is 3. The number of nitrogens with two attached hydrogens (primary N) is 1. The first-order valence-corrected chi connectivity index (χ1v) is 7.93. The van der Waals surface area contributed by atoms with Crippen LogP contribution in [0.2, 0.25) is 0 Å². The first-order valence-electron chi connectivity index (χ1n) is 5.60. The van der Waals surface area contributed by atoms with Gasteiger partial charge >= 0.3 is 6.18 Å². The number of carbonyl (C=O) groups excluding carboxylic acids is 1. The molecule has 0 bridgehead atoms. The fourth-order valence-corrected chi connectivity index (χ4v) is 3.04. The Morgan fingerprint density at radius 2 is 1.95 bits per heavy atom. The lowest BCUT2D eigenvalue weighted by molar-refractivity contribution is -0.132. The fourth-order valence-electron chi connectivity index (χ4n) is 1.60. The number of nitrogens with one attached hydrogen (secondary N) is 1. The van der Waals surface area contributed by atoms with Crippen LogP contribution in [0.25, 0.3) is 0 Å². The van der Waals surface area contributed by atoms with E-state index in [2.05, 4.69) is 21.2 Å². The van der Waals surface area contributed by atoms with Gasteiger partial charge in [0.15, 0.2) is 0 Å². The Morgan fingerprint density at radius 1 is 1.38 bits per heavy atom. The second-order valence-corrected chi connectivity index (χ2v) is 6.69. The van der Waals surface area contributed by atoms with E-state index in [1.54, 1.807) is 0 Å². The number of sulfonamides is 1. The van der Waals surface area contributed by atoms with E-state index in [0.29, 0.717) is 0 Å². The van der Waals surface area contributed by atoms with Crippen molar-refractivity contribution < 1.29 is 26.4 Å². The SMILES string of the molecule is Cc1c(C(=O)NCCC(F)(F)F)cc(Br)cc1S(N)(=O)=O. The molecule has 0 radical (unpaired) electrons. The molecule has 21 heavy (non-hydrogen) atoms. The van der Waals surface area contributed by atoms with Gasteiger partial charge in [-0.1, -0.05) is 15.9 Å². The Hall–Kier alpha value is -1.13. The molecule has 1 aromatic carbocycles. The third-order valence-electron chi connectivity index (χ3n) is 2.57. The molecule has 0 unspecified atom stereocenters. The number of halogens is 4. The van der Waals surface area contributed by atoms with Crippen molar-refractivity contribution >= 4 is 31.9 Å². The molecule has 118 valence electrons. The maximum atomic E-state index is 12.0. The molecule has 5 nitrogen and oxygen atoms in total. The van der Waals surface area contributed by atoms with E-state index in [0.717, 1.165) is 0 Å². The predicted octanol–water partition coefficient (Wildman–Crippen LogP) is 2.09. The summed E-state index contributed by atoms with van der Waals surface area (Å²) < 4.78 is 59.1. The summed E-state index contributed by atoms with van der Waals surface area (Å²) in [5, 5.41) is 7.11. The Kier molecular flexibility index (Phi) is 5.40. The normalized spacial score (nSPS) is 12.3. The molecular weight excluding hydrogens is 377 g/mol. The number of primary sulfonamides is 1. The van der Waals surface area contributed by atoms with Crippen molar-refractivity contribution in [1.29, 1.82) is 0 Å². The molecule has 0 heterocycles. The van der Waals surface area contributed by atoms with Crippen molar-refractivity contribution in [1.82, 2.24) is 5.32 Å². The molecule has 0 aliphatic carbocycles. The van der Waals surface area contributed by atoms with E-state index in [1.807, 2.05) is 0 Å². The molecule has 1 aromatic rings. The summed E-state index contributed by atoms with van der Waals surface area (Å²) in [6.45, 7) is 0.754. The van der Waals surface area contributed by atoms with E-state index in [4.69, 9.17) is 5.14 Å². The monoisotopic (exact) mass is 388 g/mol. The zero-order valence-corrected chi connectivity index (χ0v) is 13.2. The minimum absolute atomic E-state index is 0.0597. The average molecular weight is 389 g/mol. The first kappa shape index (κ1) is 17.9. The molecule has 0 spiro atoms. The topological polar surface area (TPSA) is 89.3 Å². The number of alkyl halides is 3. The van der Waals surface area contributed by atoms with E-state index in [1.165, 1.54) is 19.1 Å². The highest BCUT2D eigenvalue weighted by molar-refractivity contribution is 9.10. The summed E-state index contributed by atoms with van der Waals surface area (Å²) in [7, 11) is -4.05. The largest absolute Gasteiger partial charge is 0.390 e. The van der Waals surface area contributed by atoms with Crippen molar-refractivity contribution in [2.45, 2.75) is 24.4 Å². The van der Waals surface area contributed by atoms with Crippen molar-refractivity contribution in [3.05, 3.63) is 27.7 Å². The van der Waals surface area contributed by atoms with Gasteiger partial charge in [0.05, 0.1) is 11.3 Å². The summed E-state index contributed by atoms with van der Waals surface area (Å²) in [6.07, 6.45) is -5.56. The molecule has 0 saturated heterocycles. The summed E-state index contributed by atoms with van der Waals surface area (Å²) in [4.78, 5) is 11.6. The fraction of sp³-hybridized carbons (Fsp3) is 0.364. The van der Waals surface area contributed by atoms with Gasteiger partial charge in [-0.2, -0.15) is 13.2 Å². The highest BCUT2D eigenvalue weighted by atomic mass is 79.9. The molecule has 0 aliphatic heterocycles. The predicted molar refractivity (Wildman–Crippen MR) is 73.3 cm³/mol. The Bertz CT molecular complexity index is 659. The van der Waals surface area contributed by atoms with Crippen LogP contribution in [0.1, 0.15) is 22.3 Å². The third kappa shape index (κ3) is 5.29. The Morgan fingerprint density at radius 3 is 2.43 bits per heavy atom. The van der Waals surface area contributed by atoms with Gasteiger partial charge in [-0.05, 0) is 24.6 Å². The van der Waals surface area contributed by atoms with Crippen LogP contribution in [-0.4, -0.2) is 27.0 Å². The van der Waals surface area contributed by atoms with Crippen LogP contribution < -0.4 is 10.5 Å². The summed E-state index contributed by atoms with van der Waals surface area (Å²) >= 11 is 3.03. The van der Waals surface area contributed by atoms with Gasteiger partial charge < -0.3 is 5.32 Å². The van der Waals surface area contributed by atoms with Gasteiger partial charge in [0.25, 0.3) is 5.91 Å². The highest BCUT2D eigenvalue weighted by Crippen LogP contribution is 2.24. The minimum Gasteiger partial charge on any atom is -0.352 e. The smallest absolute Gasteiger partial charge is 0.352 e. The summed E-state index contributed by atoms with van der Waals surface area (Å²) in [5.74, 6) is -0.803. The van der Waals surface area contributed by atoms with Crippen LogP contribution in [0.5, 0.6) is 0 Å². The molecule has 0 fully saturated rings. The van der Waals surface area contributed by atoms with E-state index < -0.39 is 35.1 Å². The van der Waals surface area contributed by atoms with Crippen LogP contribution in [0, 0.1) is 6.92 Å². The van der Waals surface area contributed by atoms with E-state index >= 15 is 0 Å². The van der Waals surface area contributed by atoms with Crippen LogP contribution in [0.4, 0.5) is 13.2 Å².